The molecule has 18 heavy (non-hydrogen) atoms. The number of nitriles is 1. The second-order valence-electron chi connectivity index (χ2n) is 4.70. The summed E-state index contributed by atoms with van der Waals surface area (Å²) in [6, 6.07) is 2.19. The summed E-state index contributed by atoms with van der Waals surface area (Å²) in [6.07, 6.45) is 3.34. The second kappa shape index (κ2) is 6.36. The molecule has 6 heteroatoms. The molecule has 6 nitrogen and oxygen atoms in total. The fraction of sp³-hybridized carbons (Fsp3) is 0.750. The number of likely N-dealkylation sites (N-methyl/N-ethyl adjacent to an activating group) is 1. The fourth-order valence-corrected chi connectivity index (χ4v) is 2.14. The van der Waals surface area contributed by atoms with E-state index in [0.717, 1.165) is 12.8 Å². The molecule has 1 N–H and O–H groups in total. The molecule has 0 aromatic rings. The van der Waals surface area contributed by atoms with Crippen LogP contribution < -0.4 is 5.32 Å². The third-order valence-corrected chi connectivity index (χ3v) is 3.09. The molecule has 1 amide bonds. The molecule has 0 spiro atoms. The van der Waals surface area contributed by atoms with E-state index in [2.05, 4.69) is 16.1 Å². The second-order valence-corrected chi connectivity index (χ2v) is 4.70. The number of hydrogen-bond donors (Lipinski definition) is 1. The molecule has 0 unspecified atom stereocenters. The van der Waals surface area contributed by atoms with E-state index >= 15 is 0 Å². The van der Waals surface area contributed by atoms with Crippen molar-refractivity contribution in [1.82, 2.24) is 10.2 Å². The smallest absolute Gasteiger partial charge is 0.319 e. The van der Waals surface area contributed by atoms with E-state index in [1.54, 1.807) is 11.9 Å². The number of carbonyl (C=O) groups excluding carboxylic acids is 2. The van der Waals surface area contributed by atoms with Gasteiger partial charge in [0.15, 0.2) is 0 Å². The van der Waals surface area contributed by atoms with E-state index in [1.165, 1.54) is 7.11 Å². The van der Waals surface area contributed by atoms with E-state index in [9.17, 15) is 9.59 Å². The van der Waals surface area contributed by atoms with E-state index < -0.39 is 5.54 Å². The van der Waals surface area contributed by atoms with Gasteiger partial charge >= 0.3 is 5.97 Å². The van der Waals surface area contributed by atoms with Crippen molar-refractivity contribution >= 4 is 11.9 Å². The highest BCUT2D eigenvalue weighted by molar-refractivity contribution is 5.80. The number of methoxy groups -OCH3 is 1. The lowest BCUT2D eigenvalue weighted by atomic mass is 10.00. The zero-order valence-electron chi connectivity index (χ0n) is 10.9. The highest BCUT2D eigenvalue weighted by atomic mass is 16.5. The average molecular weight is 253 g/mol. The molecule has 0 atom stereocenters. The Bertz CT molecular complexity index is 356. The van der Waals surface area contributed by atoms with Crippen molar-refractivity contribution in [1.29, 1.82) is 5.26 Å². The molecular formula is C12H19N3O3. The van der Waals surface area contributed by atoms with E-state index in [1.807, 2.05) is 0 Å². The van der Waals surface area contributed by atoms with E-state index in [4.69, 9.17) is 5.26 Å². The predicted molar refractivity (Wildman–Crippen MR) is 64.5 cm³/mol. The number of ether oxygens (including phenoxy) is 1. The SMILES string of the molecule is COC(=O)CN(C)CC(=O)NC1(C#N)CCCC1. The maximum atomic E-state index is 11.8. The van der Waals surface area contributed by atoms with Gasteiger partial charge in [-0.15, -0.1) is 0 Å². The van der Waals surface area contributed by atoms with Gasteiger partial charge in [0.2, 0.25) is 5.91 Å². The number of nitrogens with zero attached hydrogens (tertiary/aromatic N) is 2. The van der Waals surface area contributed by atoms with Crippen LogP contribution in [0.1, 0.15) is 25.7 Å². The summed E-state index contributed by atoms with van der Waals surface area (Å²) in [4.78, 5) is 24.4. The number of amides is 1. The van der Waals surface area contributed by atoms with Crippen LogP contribution in [-0.4, -0.2) is 49.6 Å². The Morgan fingerprint density at radius 1 is 1.39 bits per heavy atom. The standard InChI is InChI=1S/C12H19N3O3/c1-15(8-11(17)18-2)7-10(16)14-12(9-13)5-3-4-6-12/h3-8H2,1-2H3,(H,14,16). The third kappa shape index (κ3) is 4.00. The van der Waals surface area contributed by atoms with Gasteiger partial charge < -0.3 is 10.1 Å². The predicted octanol–water partition coefficient (Wildman–Crippen LogP) is 0.0438. The first-order chi connectivity index (χ1) is 8.51. The highest BCUT2D eigenvalue weighted by Crippen LogP contribution is 2.28. The lowest BCUT2D eigenvalue weighted by Crippen LogP contribution is -2.49. The summed E-state index contributed by atoms with van der Waals surface area (Å²) >= 11 is 0. The molecule has 0 aromatic carbocycles. The first-order valence-corrected chi connectivity index (χ1v) is 5.99. The van der Waals surface area contributed by atoms with Gasteiger partial charge in [0.05, 0.1) is 26.3 Å². The molecule has 0 aromatic heterocycles. The van der Waals surface area contributed by atoms with Crippen LogP contribution in [0.25, 0.3) is 0 Å². The van der Waals surface area contributed by atoms with Crippen LogP contribution in [0.5, 0.6) is 0 Å². The number of esters is 1. The quantitative estimate of drug-likeness (QED) is 0.700. The summed E-state index contributed by atoms with van der Waals surface area (Å²) in [5, 5.41) is 11.9. The Morgan fingerprint density at radius 2 is 2.00 bits per heavy atom. The van der Waals surface area contributed by atoms with Gasteiger partial charge in [-0.25, -0.2) is 0 Å². The zero-order valence-corrected chi connectivity index (χ0v) is 10.9. The van der Waals surface area contributed by atoms with Crippen LogP contribution in [0, 0.1) is 11.3 Å². The molecule has 0 saturated heterocycles. The van der Waals surface area contributed by atoms with Crippen molar-refractivity contribution in [2.24, 2.45) is 0 Å². The van der Waals surface area contributed by atoms with Crippen LogP contribution in [0.3, 0.4) is 0 Å². The number of hydrogen-bond acceptors (Lipinski definition) is 5. The minimum Gasteiger partial charge on any atom is -0.468 e. The summed E-state index contributed by atoms with van der Waals surface area (Å²) in [5.41, 5.74) is -0.705. The Labute approximate surface area is 107 Å². The van der Waals surface area contributed by atoms with Gasteiger partial charge in [0.1, 0.15) is 5.54 Å². The molecule has 0 aliphatic heterocycles. The van der Waals surface area contributed by atoms with Crippen LogP contribution >= 0.6 is 0 Å². The Morgan fingerprint density at radius 3 is 2.50 bits per heavy atom. The normalized spacial score (nSPS) is 17.2. The fourth-order valence-electron chi connectivity index (χ4n) is 2.14. The molecule has 1 saturated carbocycles. The maximum Gasteiger partial charge on any atom is 0.319 e. The van der Waals surface area contributed by atoms with Crippen LogP contribution in [0.2, 0.25) is 0 Å². The topological polar surface area (TPSA) is 82.4 Å². The maximum absolute atomic E-state index is 11.8. The molecule has 1 rings (SSSR count). The van der Waals surface area contributed by atoms with Crippen molar-refractivity contribution in [2.45, 2.75) is 31.2 Å². The molecule has 0 heterocycles. The van der Waals surface area contributed by atoms with Gasteiger partial charge in [-0.2, -0.15) is 5.26 Å². The van der Waals surface area contributed by atoms with Crippen molar-refractivity contribution in [2.75, 3.05) is 27.2 Å². The molecule has 1 aliphatic carbocycles. The molecule has 1 fully saturated rings. The van der Waals surface area contributed by atoms with Crippen molar-refractivity contribution in [3.05, 3.63) is 0 Å². The van der Waals surface area contributed by atoms with Gasteiger partial charge in [-0.1, -0.05) is 0 Å². The summed E-state index contributed by atoms with van der Waals surface area (Å²) < 4.78 is 4.51. The van der Waals surface area contributed by atoms with Gasteiger partial charge in [0, 0.05) is 0 Å². The highest BCUT2D eigenvalue weighted by Gasteiger charge is 2.35. The summed E-state index contributed by atoms with van der Waals surface area (Å²) in [6.45, 7) is 0.141. The van der Waals surface area contributed by atoms with E-state index in [0.29, 0.717) is 12.8 Å². The number of rotatable bonds is 5. The monoisotopic (exact) mass is 253 g/mol. The lowest BCUT2D eigenvalue weighted by molar-refractivity contribution is -0.141. The summed E-state index contributed by atoms with van der Waals surface area (Å²) in [7, 11) is 2.96. The largest absolute Gasteiger partial charge is 0.468 e. The van der Waals surface area contributed by atoms with Gasteiger partial charge in [-0.3, -0.25) is 14.5 Å². The number of carbonyl (C=O) groups is 2. The van der Waals surface area contributed by atoms with Crippen molar-refractivity contribution in [3.8, 4) is 6.07 Å². The van der Waals surface area contributed by atoms with Gasteiger partial charge in [-0.05, 0) is 32.7 Å². The average Bonchev–Trinajstić information content (AvgIpc) is 2.77. The lowest BCUT2D eigenvalue weighted by Gasteiger charge is -2.23. The Kier molecular flexibility index (Phi) is 5.10. The minimum absolute atomic E-state index is 0.0590. The molecule has 100 valence electrons. The van der Waals surface area contributed by atoms with Crippen molar-refractivity contribution < 1.29 is 14.3 Å². The van der Waals surface area contributed by atoms with Crippen molar-refractivity contribution in [3.63, 3.8) is 0 Å². The van der Waals surface area contributed by atoms with Crippen LogP contribution in [-0.2, 0) is 14.3 Å². The Balaban J connectivity index is 2.41. The summed E-state index contributed by atoms with van der Waals surface area (Å²) in [5.74, 6) is -0.619. The Hall–Kier alpha value is -1.61. The van der Waals surface area contributed by atoms with Gasteiger partial charge in [0.25, 0.3) is 0 Å². The molecular weight excluding hydrogens is 234 g/mol. The first kappa shape index (κ1) is 14.5. The third-order valence-electron chi connectivity index (χ3n) is 3.09. The minimum atomic E-state index is -0.705. The number of nitrogens with one attached hydrogen (secondary N) is 1. The molecule has 0 radical (unpaired) electrons. The van der Waals surface area contributed by atoms with Crippen LogP contribution in [0.4, 0.5) is 0 Å². The first-order valence-electron chi connectivity index (χ1n) is 5.99. The molecule has 1 aliphatic rings. The van der Waals surface area contributed by atoms with E-state index in [-0.39, 0.29) is 25.0 Å². The van der Waals surface area contributed by atoms with Crippen LogP contribution in [0.15, 0.2) is 0 Å². The molecule has 0 bridgehead atoms. The zero-order chi connectivity index (χ0) is 13.6.